The maximum absolute atomic E-state index is 8.66. The number of hydrogen-bond acceptors (Lipinski definition) is 3. The minimum atomic E-state index is 0.250. The predicted molar refractivity (Wildman–Crippen MR) is 78.6 cm³/mol. The summed E-state index contributed by atoms with van der Waals surface area (Å²) in [5.74, 6) is 0. The lowest BCUT2D eigenvalue weighted by atomic mass is 10.0. The van der Waals surface area contributed by atoms with Crippen molar-refractivity contribution in [1.82, 2.24) is 0 Å². The van der Waals surface area contributed by atoms with Gasteiger partial charge in [0.05, 0.1) is 5.71 Å². The fourth-order valence-electron chi connectivity index (χ4n) is 1.59. The highest BCUT2D eigenvalue weighted by Gasteiger charge is 1.99. The van der Waals surface area contributed by atoms with Gasteiger partial charge in [0.25, 0.3) is 0 Å². The second-order valence-corrected chi connectivity index (χ2v) is 3.95. The molecule has 2 aromatic carbocycles. The normalized spacial score (nSPS) is 10.6. The molecule has 0 unspecified atom stereocenters. The SMILES string of the molecule is CC(=NO)c1ccc(-c2ccccc2)cc1.CCO. The van der Waals surface area contributed by atoms with Crippen molar-refractivity contribution < 1.29 is 10.3 Å². The van der Waals surface area contributed by atoms with Crippen LogP contribution < -0.4 is 0 Å². The Morgan fingerprint density at radius 2 is 1.42 bits per heavy atom. The molecule has 0 heterocycles. The van der Waals surface area contributed by atoms with Gasteiger partial charge in [-0.25, -0.2) is 0 Å². The third kappa shape index (κ3) is 4.56. The van der Waals surface area contributed by atoms with Crippen LogP contribution in [0.4, 0.5) is 0 Å². The van der Waals surface area contributed by atoms with Crippen LogP contribution in [0.15, 0.2) is 59.8 Å². The molecule has 0 spiro atoms. The zero-order chi connectivity index (χ0) is 14.1. The molecule has 0 aliphatic heterocycles. The summed E-state index contributed by atoms with van der Waals surface area (Å²) in [4.78, 5) is 0. The lowest BCUT2D eigenvalue weighted by Gasteiger charge is -2.03. The molecule has 19 heavy (non-hydrogen) atoms. The molecular formula is C16H19NO2. The fourth-order valence-corrected chi connectivity index (χ4v) is 1.59. The molecule has 0 fully saturated rings. The van der Waals surface area contributed by atoms with Gasteiger partial charge in [0, 0.05) is 6.61 Å². The Hall–Kier alpha value is -2.13. The van der Waals surface area contributed by atoms with Crippen molar-refractivity contribution in [3.05, 3.63) is 60.2 Å². The summed E-state index contributed by atoms with van der Waals surface area (Å²) in [5, 5.41) is 19.4. The van der Waals surface area contributed by atoms with Crippen LogP contribution in [0.5, 0.6) is 0 Å². The number of aliphatic hydroxyl groups excluding tert-OH is 1. The molecule has 0 atom stereocenters. The predicted octanol–water partition coefficient (Wildman–Crippen LogP) is 3.55. The van der Waals surface area contributed by atoms with Crippen molar-refractivity contribution in [1.29, 1.82) is 0 Å². The molecule has 0 aliphatic rings. The number of rotatable bonds is 2. The Morgan fingerprint density at radius 1 is 0.947 bits per heavy atom. The molecule has 2 N–H and O–H groups in total. The van der Waals surface area contributed by atoms with Gasteiger partial charge < -0.3 is 10.3 Å². The van der Waals surface area contributed by atoms with Gasteiger partial charge >= 0.3 is 0 Å². The zero-order valence-corrected chi connectivity index (χ0v) is 11.2. The average molecular weight is 257 g/mol. The highest BCUT2D eigenvalue weighted by atomic mass is 16.4. The summed E-state index contributed by atoms with van der Waals surface area (Å²) in [6.45, 7) is 3.71. The summed E-state index contributed by atoms with van der Waals surface area (Å²) in [6, 6.07) is 18.1. The standard InChI is InChI=1S/C14H13NO.C2H6O/c1-11(15-16)12-7-9-14(10-8-12)13-5-3-2-4-6-13;1-2-3/h2-10,16H,1H3;3H,2H2,1H3. The molecular weight excluding hydrogens is 238 g/mol. The summed E-state index contributed by atoms with van der Waals surface area (Å²) in [7, 11) is 0. The Labute approximate surface area is 113 Å². The van der Waals surface area contributed by atoms with E-state index in [9.17, 15) is 0 Å². The van der Waals surface area contributed by atoms with Gasteiger partial charge in [-0.3, -0.25) is 0 Å². The number of benzene rings is 2. The smallest absolute Gasteiger partial charge is 0.0836 e. The molecule has 0 saturated heterocycles. The second kappa shape index (κ2) is 8.06. The first-order valence-electron chi connectivity index (χ1n) is 6.18. The van der Waals surface area contributed by atoms with E-state index in [1.165, 1.54) is 5.56 Å². The van der Waals surface area contributed by atoms with Gasteiger partial charge in [0.15, 0.2) is 0 Å². The Kier molecular flexibility index (Phi) is 6.33. The summed E-state index contributed by atoms with van der Waals surface area (Å²) < 4.78 is 0. The lowest BCUT2D eigenvalue weighted by Crippen LogP contribution is -1.93. The molecule has 3 heteroatoms. The van der Waals surface area contributed by atoms with Crippen LogP contribution in [-0.4, -0.2) is 22.6 Å². The van der Waals surface area contributed by atoms with Crippen LogP contribution >= 0.6 is 0 Å². The average Bonchev–Trinajstić information content (AvgIpc) is 2.48. The highest BCUT2D eigenvalue weighted by molar-refractivity contribution is 5.98. The highest BCUT2D eigenvalue weighted by Crippen LogP contribution is 2.19. The lowest BCUT2D eigenvalue weighted by molar-refractivity contribution is 0.318. The minimum Gasteiger partial charge on any atom is -0.411 e. The molecule has 0 aromatic heterocycles. The van der Waals surface area contributed by atoms with E-state index in [2.05, 4.69) is 17.3 Å². The van der Waals surface area contributed by atoms with Crippen LogP contribution in [0.3, 0.4) is 0 Å². The largest absolute Gasteiger partial charge is 0.411 e. The molecule has 0 amide bonds. The zero-order valence-electron chi connectivity index (χ0n) is 11.2. The third-order valence-corrected chi connectivity index (χ3v) is 2.56. The van der Waals surface area contributed by atoms with Crippen molar-refractivity contribution >= 4 is 5.71 Å². The first-order chi connectivity index (χ1) is 9.22. The van der Waals surface area contributed by atoms with E-state index in [0.717, 1.165) is 11.1 Å². The Morgan fingerprint density at radius 3 is 1.89 bits per heavy atom. The van der Waals surface area contributed by atoms with Crippen LogP contribution in [-0.2, 0) is 0 Å². The minimum absolute atomic E-state index is 0.250. The van der Waals surface area contributed by atoms with Gasteiger partial charge in [-0.05, 0) is 30.5 Å². The molecule has 2 rings (SSSR count). The van der Waals surface area contributed by atoms with Crippen molar-refractivity contribution in [2.45, 2.75) is 13.8 Å². The quantitative estimate of drug-likeness (QED) is 0.491. The molecule has 2 aromatic rings. The Balaban J connectivity index is 0.000000550. The fraction of sp³-hybridized carbons (Fsp3) is 0.188. The van der Waals surface area contributed by atoms with E-state index < -0.39 is 0 Å². The molecule has 0 aliphatic carbocycles. The van der Waals surface area contributed by atoms with Gasteiger partial charge in [-0.1, -0.05) is 59.8 Å². The monoisotopic (exact) mass is 257 g/mol. The van der Waals surface area contributed by atoms with E-state index >= 15 is 0 Å². The number of oxime groups is 1. The third-order valence-electron chi connectivity index (χ3n) is 2.56. The van der Waals surface area contributed by atoms with Crippen LogP contribution in [0.2, 0.25) is 0 Å². The van der Waals surface area contributed by atoms with Crippen molar-refractivity contribution in [3.63, 3.8) is 0 Å². The second-order valence-electron chi connectivity index (χ2n) is 3.95. The maximum Gasteiger partial charge on any atom is 0.0836 e. The van der Waals surface area contributed by atoms with Crippen molar-refractivity contribution in [2.75, 3.05) is 6.61 Å². The molecule has 100 valence electrons. The first-order valence-corrected chi connectivity index (χ1v) is 6.18. The first kappa shape index (κ1) is 14.9. The van der Waals surface area contributed by atoms with Gasteiger partial charge in [0.1, 0.15) is 0 Å². The van der Waals surface area contributed by atoms with Gasteiger partial charge in [-0.15, -0.1) is 0 Å². The molecule has 3 nitrogen and oxygen atoms in total. The van der Waals surface area contributed by atoms with Crippen LogP contribution in [0.25, 0.3) is 11.1 Å². The Bertz CT molecular complexity index is 504. The van der Waals surface area contributed by atoms with E-state index in [1.54, 1.807) is 13.8 Å². The summed E-state index contributed by atoms with van der Waals surface area (Å²) in [5.41, 5.74) is 3.91. The number of hydrogen-bond donors (Lipinski definition) is 2. The van der Waals surface area contributed by atoms with Gasteiger partial charge in [0.2, 0.25) is 0 Å². The number of nitrogens with zero attached hydrogens (tertiary/aromatic N) is 1. The molecule has 0 radical (unpaired) electrons. The van der Waals surface area contributed by atoms with Crippen LogP contribution in [0.1, 0.15) is 19.4 Å². The molecule has 0 saturated carbocycles. The summed E-state index contributed by atoms with van der Waals surface area (Å²) >= 11 is 0. The topological polar surface area (TPSA) is 52.8 Å². The van der Waals surface area contributed by atoms with Crippen LogP contribution in [0, 0.1) is 0 Å². The number of aliphatic hydroxyl groups is 1. The van der Waals surface area contributed by atoms with E-state index in [1.807, 2.05) is 42.5 Å². The van der Waals surface area contributed by atoms with Crippen molar-refractivity contribution in [3.8, 4) is 11.1 Å². The van der Waals surface area contributed by atoms with Gasteiger partial charge in [-0.2, -0.15) is 0 Å². The summed E-state index contributed by atoms with van der Waals surface area (Å²) in [6.07, 6.45) is 0. The molecule has 0 bridgehead atoms. The van der Waals surface area contributed by atoms with E-state index in [-0.39, 0.29) is 6.61 Å². The maximum atomic E-state index is 8.66. The van der Waals surface area contributed by atoms with E-state index in [0.29, 0.717) is 5.71 Å². The van der Waals surface area contributed by atoms with E-state index in [4.69, 9.17) is 10.3 Å². The van der Waals surface area contributed by atoms with Crippen molar-refractivity contribution in [2.24, 2.45) is 5.16 Å².